The molecule has 2 nitrogen and oxygen atoms in total. The quantitative estimate of drug-likeness (QED) is 0.911. The van der Waals surface area contributed by atoms with E-state index in [1.807, 2.05) is 6.07 Å². The predicted octanol–water partition coefficient (Wildman–Crippen LogP) is 3.35. The van der Waals surface area contributed by atoms with Crippen molar-refractivity contribution in [1.82, 2.24) is 4.90 Å². The van der Waals surface area contributed by atoms with Crippen LogP contribution >= 0.6 is 22.9 Å². The van der Waals surface area contributed by atoms with E-state index in [2.05, 4.69) is 18.0 Å². The summed E-state index contributed by atoms with van der Waals surface area (Å²) in [7, 11) is 2.18. The lowest BCUT2D eigenvalue weighted by Crippen LogP contribution is -2.39. The van der Waals surface area contributed by atoms with E-state index < -0.39 is 0 Å². The minimum absolute atomic E-state index is 0.401. The van der Waals surface area contributed by atoms with Crippen LogP contribution in [0.3, 0.4) is 0 Å². The number of nitrogens with zero attached hydrogens (tertiary/aromatic N) is 1. The highest BCUT2D eigenvalue weighted by Gasteiger charge is 2.22. The fourth-order valence-corrected chi connectivity index (χ4v) is 3.80. The fourth-order valence-electron chi connectivity index (χ4n) is 2.63. The first-order valence-electron chi connectivity index (χ1n) is 6.33. The maximum absolute atomic E-state index is 6.18. The van der Waals surface area contributed by atoms with Crippen molar-refractivity contribution in [2.75, 3.05) is 13.6 Å². The van der Waals surface area contributed by atoms with Crippen LogP contribution in [0.25, 0.3) is 0 Å². The van der Waals surface area contributed by atoms with Crippen molar-refractivity contribution in [2.45, 2.75) is 38.3 Å². The van der Waals surface area contributed by atoms with Crippen LogP contribution in [0, 0.1) is 5.92 Å². The van der Waals surface area contributed by atoms with Gasteiger partial charge in [0.25, 0.3) is 0 Å². The van der Waals surface area contributed by atoms with E-state index in [1.54, 1.807) is 11.3 Å². The number of rotatable bonds is 4. The molecule has 1 aliphatic carbocycles. The lowest BCUT2D eigenvalue weighted by molar-refractivity contribution is 0.207. The average molecular weight is 273 g/mol. The van der Waals surface area contributed by atoms with Gasteiger partial charge in [0, 0.05) is 24.0 Å². The molecule has 0 saturated heterocycles. The summed E-state index contributed by atoms with van der Waals surface area (Å²) in [5, 5.41) is 0. The van der Waals surface area contributed by atoms with Crippen LogP contribution in [0.1, 0.15) is 30.6 Å². The van der Waals surface area contributed by atoms with E-state index in [0.29, 0.717) is 12.0 Å². The Hall–Kier alpha value is -0.0900. The van der Waals surface area contributed by atoms with Gasteiger partial charge in [-0.2, -0.15) is 0 Å². The Morgan fingerprint density at radius 3 is 2.82 bits per heavy atom. The Kier molecular flexibility index (Phi) is 4.86. The first-order chi connectivity index (χ1) is 8.15. The lowest BCUT2D eigenvalue weighted by atomic mass is 9.85. The van der Waals surface area contributed by atoms with Gasteiger partial charge in [0.15, 0.2) is 0 Å². The summed E-state index contributed by atoms with van der Waals surface area (Å²) in [6, 6.07) is 4.49. The van der Waals surface area contributed by atoms with Crippen molar-refractivity contribution in [1.29, 1.82) is 0 Å². The average Bonchev–Trinajstić information content (AvgIpc) is 2.67. The zero-order valence-electron chi connectivity index (χ0n) is 10.4. The van der Waals surface area contributed by atoms with Gasteiger partial charge in [-0.05, 0) is 37.9 Å². The van der Waals surface area contributed by atoms with Crippen LogP contribution in [0.2, 0.25) is 4.34 Å². The van der Waals surface area contributed by atoms with Gasteiger partial charge in [0.2, 0.25) is 0 Å². The molecule has 4 heteroatoms. The second kappa shape index (κ2) is 6.19. The number of hydrogen-bond acceptors (Lipinski definition) is 3. The zero-order valence-corrected chi connectivity index (χ0v) is 11.9. The smallest absolute Gasteiger partial charge is 0.0931 e. The standard InChI is InChI=1S/C13H21ClN2S/c1-16(9-11-6-7-13(14)17-11)8-10-4-2-3-5-12(10)15/h6-7,10,12H,2-5,8-9,15H2,1H3. The van der Waals surface area contributed by atoms with E-state index in [9.17, 15) is 0 Å². The van der Waals surface area contributed by atoms with Gasteiger partial charge in [-0.3, -0.25) is 0 Å². The summed E-state index contributed by atoms with van der Waals surface area (Å²) in [6.07, 6.45) is 5.14. The molecule has 2 rings (SSSR count). The second-order valence-corrected chi connectivity index (χ2v) is 6.91. The van der Waals surface area contributed by atoms with Gasteiger partial charge < -0.3 is 10.6 Å². The minimum atomic E-state index is 0.401. The molecule has 0 radical (unpaired) electrons. The van der Waals surface area contributed by atoms with Gasteiger partial charge >= 0.3 is 0 Å². The van der Waals surface area contributed by atoms with E-state index >= 15 is 0 Å². The van der Waals surface area contributed by atoms with E-state index in [0.717, 1.165) is 17.4 Å². The minimum Gasteiger partial charge on any atom is -0.327 e. The molecule has 1 heterocycles. The van der Waals surface area contributed by atoms with E-state index in [-0.39, 0.29) is 0 Å². The summed E-state index contributed by atoms with van der Waals surface area (Å²) < 4.78 is 0.878. The Labute approximate surface area is 113 Å². The molecule has 0 spiro atoms. The van der Waals surface area contributed by atoms with Crippen LogP contribution in [0.4, 0.5) is 0 Å². The molecular weight excluding hydrogens is 252 g/mol. The third-order valence-corrected chi connectivity index (χ3v) is 4.78. The van der Waals surface area contributed by atoms with Crippen LogP contribution in [-0.4, -0.2) is 24.5 Å². The van der Waals surface area contributed by atoms with Crippen molar-refractivity contribution in [3.63, 3.8) is 0 Å². The molecule has 1 saturated carbocycles. The van der Waals surface area contributed by atoms with Crippen molar-refractivity contribution < 1.29 is 0 Å². The van der Waals surface area contributed by atoms with Gasteiger partial charge in [-0.25, -0.2) is 0 Å². The molecule has 1 aromatic rings. The molecule has 17 heavy (non-hydrogen) atoms. The summed E-state index contributed by atoms with van der Waals surface area (Å²) in [5.41, 5.74) is 6.18. The SMILES string of the molecule is CN(Cc1ccc(Cl)s1)CC1CCCCC1N. The van der Waals surface area contributed by atoms with Crippen molar-refractivity contribution in [2.24, 2.45) is 11.7 Å². The molecule has 1 fully saturated rings. The topological polar surface area (TPSA) is 29.3 Å². The Morgan fingerprint density at radius 2 is 2.18 bits per heavy atom. The van der Waals surface area contributed by atoms with Gasteiger partial charge in [-0.1, -0.05) is 24.4 Å². The molecule has 2 unspecified atom stereocenters. The first-order valence-corrected chi connectivity index (χ1v) is 7.53. The molecule has 0 aromatic carbocycles. The normalized spacial score (nSPS) is 25.4. The van der Waals surface area contributed by atoms with Gasteiger partial charge in [-0.15, -0.1) is 11.3 Å². The van der Waals surface area contributed by atoms with Gasteiger partial charge in [0.1, 0.15) is 0 Å². The highest BCUT2D eigenvalue weighted by Crippen LogP contribution is 2.26. The Bertz CT molecular complexity index is 353. The molecule has 1 aromatic heterocycles. The maximum Gasteiger partial charge on any atom is 0.0931 e. The van der Waals surface area contributed by atoms with Crippen molar-refractivity contribution in [3.8, 4) is 0 Å². The summed E-state index contributed by atoms with van der Waals surface area (Å²) >= 11 is 7.61. The zero-order chi connectivity index (χ0) is 12.3. The third kappa shape index (κ3) is 3.95. The number of nitrogens with two attached hydrogens (primary N) is 1. The molecule has 0 aliphatic heterocycles. The molecule has 2 N–H and O–H groups in total. The molecule has 0 bridgehead atoms. The monoisotopic (exact) mass is 272 g/mol. The predicted molar refractivity (Wildman–Crippen MR) is 75.6 cm³/mol. The van der Waals surface area contributed by atoms with Crippen LogP contribution < -0.4 is 5.73 Å². The van der Waals surface area contributed by atoms with Gasteiger partial charge in [0.05, 0.1) is 4.34 Å². The molecule has 0 amide bonds. The molecule has 2 atom stereocenters. The third-order valence-electron chi connectivity index (χ3n) is 3.57. The van der Waals surface area contributed by atoms with E-state index in [1.165, 1.54) is 30.6 Å². The number of thiophene rings is 1. The largest absolute Gasteiger partial charge is 0.327 e. The Morgan fingerprint density at radius 1 is 1.41 bits per heavy atom. The first kappa shape index (κ1) is 13.3. The fraction of sp³-hybridized carbons (Fsp3) is 0.692. The second-order valence-electron chi connectivity index (χ2n) is 5.11. The summed E-state index contributed by atoms with van der Waals surface area (Å²) in [4.78, 5) is 3.71. The molecule has 1 aliphatic rings. The van der Waals surface area contributed by atoms with E-state index in [4.69, 9.17) is 17.3 Å². The van der Waals surface area contributed by atoms with Crippen LogP contribution in [0.5, 0.6) is 0 Å². The van der Waals surface area contributed by atoms with Crippen molar-refractivity contribution >= 4 is 22.9 Å². The lowest BCUT2D eigenvalue weighted by Gasteiger charge is -2.31. The molecule has 96 valence electrons. The highest BCUT2D eigenvalue weighted by atomic mass is 35.5. The maximum atomic E-state index is 6.18. The van der Waals surface area contributed by atoms with Crippen LogP contribution in [0.15, 0.2) is 12.1 Å². The number of halogens is 1. The van der Waals surface area contributed by atoms with Crippen LogP contribution in [-0.2, 0) is 6.54 Å². The number of hydrogen-bond donors (Lipinski definition) is 1. The Balaban J connectivity index is 1.82. The van der Waals surface area contributed by atoms with Crippen molar-refractivity contribution in [3.05, 3.63) is 21.3 Å². The summed E-state index contributed by atoms with van der Waals surface area (Å²) in [5.74, 6) is 0.671. The highest BCUT2D eigenvalue weighted by molar-refractivity contribution is 7.16. The molecular formula is C13H21ClN2S. The summed E-state index contributed by atoms with van der Waals surface area (Å²) in [6.45, 7) is 2.09.